The van der Waals surface area contributed by atoms with Gasteiger partial charge in [0.1, 0.15) is 5.58 Å². The fourth-order valence-corrected chi connectivity index (χ4v) is 10.1. The summed E-state index contributed by atoms with van der Waals surface area (Å²) in [4.78, 5) is 15.8. The van der Waals surface area contributed by atoms with Gasteiger partial charge in [-0.2, -0.15) is 0 Å². The lowest BCUT2D eigenvalue weighted by molar-refractivity contribution is 0.666. The zero-order valence-electron chi connectivity index (χ0n) is 31.4. The first-order valence-electron chi connectivity index (χ1n) is 19.8. The first-order valence-corrected chi connectivity index (χ1v) is 20.6. The van der Waals surface area contributed by atoms with Gasteiger partial charge in [-0.1, -0.05) is 127 Å². The number of thiophene rings is 1. The van der Waals surface area contributed by atoms with Crippen LogP contribution in [0, 0.1) is 0 Å². The molecule has 4 heterocycles. The molecule has 0 amide bonds. The summed E-state index contributed by atoms with van der Waals surface area (Å²) in [5.74, 6) is 1.84. The molecule has 0 saturated heterocycles. The second-order valence-corrected chi connectivity index (χ2v) is 16.3. The standard InChI is InChI=1S/C53H30N4OS/c1-2-12-32-25-35(22-21-31(32)11-1)51-54-52(36-23-24-41-40-17-7-10-20-48(40)59-49(41)30-36)56-53(55-51)37-27-43-39-16-6-9-19-47(39)58-50(43)46(29-37)57-44-18-8-5-15-38(44)42-26-33-13-3-4-14-34(33)28-45(42)57/h1-30H. The zero-order chi connectivity index (χ0) is 38.6. The number of furan rings is 1. The maximum atomic E-state index is 6.80. The van der Waals surface area contributed by atoms with Gasteiger partial charge in [-0.25, -0.2) is 15.0 Å². The van der Waals surface area contributed by atoms with Crippen LogP contribution in [0.15, 0.2) is 186 Å². The molecule has 0 aliphatic carbocycles. The molecule has 6 heteroatoms. The van der Waals surface area contributed by atoms with Gasteiger partial charge in [0.15, 0.2) is 23.1 Å². The Balaban J connectivity index is 1.11. The largest absolute Gasteiger partial charge is 0.454 e. The summed E-state index contributed by atoms with van der Waals surface area (Å²) in [5.41, 5.74) is 7.52. The average molecular weight is 771 g/mol. The molecule has 9 aromatic carbocycles. The molecule has 0 aliphatic heterocycles. The normalized spacial score (nSPS) is 12.1. The summed E-state index contributed by atoms with van der Waals surface area (Å²) in [7, 11) is 0. The molecule has 59 heavy (non-hydrogen) atoms. The quantitative estimate of drug-likeness (QED) is 0.179. The second-order valence-electron chi connectivity index (χ2n) is 15.2. The Morgan fingerprint density at radius 1 is 0.373 bits per heavy atom. The van der Waals surface area contributed by atoms with Crippen molar-refractivity contribution in [3.8, 4) is 39.9 Å². The molecule has 0 bridgehead atoms. The van der Waals surface area contributed by atoms with Gasteiger partial charge in [-0.15, -0.1) is 11.3 Å². The van der Waals surface area contributed by atoms with Gasteiger partial charge in [0.25, 0.3) is 0 Å². The molecule has 5 nitrogen and oxygen atoms in total. The lowest BCUT2D eigenvalue weighted by Crippen LogP contribution is -2.01. The monoisotopic (exact) mass is 770 g/mol. The first kappa shape index (κ1) is 32.4. The molecule has 13 aromatic rings. The van der Waals surface area contributed by atoms with Crippen molar-refractivity contribution in [1.29, 1.82) is 0 Å². The summed E-state index contributed by atoms with van der Waals surface area (Å²) in [6, 6.07) is 64.5. The Hall–Kier alpha value is -7.67. The molecule has 13 rings (SSSR count). The summed E-state index contributed by atoms with van der Waals surface area (Å²) < 4.78 is 11.6. The van der Waals surface area contributed by atoms with E-state index in [1.807, 2.05) is 12.1 Å². The van der Waals surface area contributed by atoms with E-state index in [1.165, 1.54) is 47.1 Å². The van der Waals surface area contributed by atoms with Crippen molar-refractivity contribution in [3.63, 3.8) is 0 Å². The minimum absolute atomic E-state index is 0.592. The fraction of sp³-hybridized carbons (Fsp3) is 0. The van der Waals surface area contributed by atoms with Gasteiger partial charge in [0.05, 0.1) is 16.7 Å². The topological polar surface area (TPSA) is 56.7 Å². The molecule has 4 aromatic heterocycles. The summed E-state index contributed by atoms with van der Waals surface area (Å²) in [6.45, 7) is 0. The van der Waals surface area contributed by atoms with Crippen LogP contribution in [0.25, 0.3) is 125 Å². The highest BCUT2D eigenvalue weighted by Gasteiger charge is 2.22. The van der Waals surface area contributed by atoms with Crippen molar-refractivity contribution >= 4 is 96.8 Å². The van der Waals surface area contributed by atoms with E-state index in [4.69, 9.17) is 19.4 Å². The molecule has 0 fully saturated rings. The van der Waals surface area contributed by atoms with E-state index >= 15 is 0 Å². The summed E-state index contributed by atoms with van der Waals surface area (Å²) >= 11 is 1.79. The summed E-state index contributed by atoms with van der Waals surface area (Å²) in [6.07, 6.45) is 0. The number of benzene rings is 9. The van der Waals surface area contributed by atoms with Crippen LogP contribution in [0.3, 0.4) is 0 Å². The Kier molecular flexibility index (Phi) is 6.82. The molecule has 0 spiro atoms. The number of nitrogens with zero attached hydrogens (tertiary/aromatic N) is 4. The predicted octanol–water partition coefficient (Wildman–Crippen LogP) is 14.5. The minimum Gasteiger partial charge on any atom is -0.454 e. The highest BCUT2D eigenvalue weighted by molar-refractivity contribution is 7.25. The third-order valence-electron chi connectivity index (χ3n) is 11.8. The molecule has 0 N–H and O–H groups in total. The molecule has 0 atom stereocenters. The van der Waals surface area contributed by atoms with Crippen molar-refractivity contribution in [2.45, 2.75) is 0 Å². The van der Waals surface area contributed by atoms with Gasteiger partial charge in [-0.05, 0) is 76.1 Å². The first-order chi connectivity index (χ1) is 29.2. The number of aromatic nitrogens is 4. The van der Waals surface area contributed by atoms with Crippen LogP contribution in [0.4, 0.5) is 0 Å². The van der Waals surface area contributed by atoms with Crippen LogP contribution in [-0.4, -0.2) is 19.5 Å². The van der Waals surface area contributed by atoms with Gasteiger partial charge in [0, 0.05) is 58.4 Å². The van der Waals surface area contributed by atoms with Gasteiger partial charge in [-0.3, -0.25) is 0 Å². The number of fused-ring (bicyclic) bond motifs is 11. The highest BCUT2D eigenvalue weighted by Crippen LogP contribution is 2.42. The fourth-order valence-electron chi connectivity index (χ4n) is 8.98. The van der Waals surface area contributed by atoms with Crippen molar-refractivity contribution in [1.82, 2.24) is 19.5 Å². The van der Waals surface area contributed by atoms with E-state index in [0.717, 1.165) is 60.7 Å². The Bertz CT molecular complexity index is 3870. The maximum absolute atomic E-state index is 6.80. The van der Waals surface area contributed by atoms with E-state index < -0.39 is 0 Å². The highest BCUT2D eigenvalue weighted by atomic mass is 32.1. The van der Waals surface area contributed by atoms with Crippen LogP contribution >= 0.6 is 11.3 Å². The average Bonchev–Trinajstić information content (AvgIpc) is 3.97. The lowest BCUT2D eigenvalue weighted by Gasteiger charge is -2.13. The minimum atomic E-state index is 0.592. The Morgan fingerprint density at radius 2 is 0.983 bits per heavy atom. The summed E-state index contributed by atoms with van der Waals surface area (Å²) in [5, 5.41) is 11.6. The number of para-hydroxylation sites is 2. The van der Waals surface area contributed by atoms with Crippen LogP contribution in [-0.2, 0) is 0 Å². The molecule has 274 valence electrons. The van der Waals surface area contributed by atoms with Crippen LogP contribution in [0.1, 0.15) is 0 Å². The number of hydrogen-bond acceptors (Lipinski definition) is 5. The Morgan fingerprint density at radius 3 is 1.81 bits per heavy atom. The molecule has 0 aliphatic rings. The maximum Gasteiger partial charge on any atom is 0.164 e. The van der Waals surface area contributed by atoms with E-state index in [-0.39, 0.29) is 0 Å². The van der Waals surface area contributed by atoms with Crippen molar-refractivity contribution in [2.75, 3.05) is 0 Å². The predicted molar refractivity (Wildman–Crippen MR) is 246 cm³/mol. The molecule has 0 radical (unpaired) electrons. The van der Waals surface area contributed by atoms with Gasteiger partial charge < -0.3 is 8.98 Å². The van der Waals surface area contributed by atoms with E-state index in [2.05, 4.69) is 174 Å². The third-order valence-corrected chi connectivity index (χ3v) is 12.9. The number of rotatable bonds is 4. The van der Waals surface area contributed by atoms with Crippen LogP contribution in [0.2, 0.25) is 0 Å². The van der Waals surface area contributed by atoms with Crippen molar-refractivity contribution < 1.29 is 4.42 Å². The van der Waals surface area contributed by atoms with E-state index in [9.17, 15) is 0 Å². The van der Waals surface area contributed by atoms with Crippen LogP contribution in [0.5, 0.6) is 0 Å². The molecular weight excluding hydrogens is 741 g/mol. The van der Waals surface area contributed by atoms with E-state index in [1.54, 1.807) is 11.3 Å². The SMILES string of the molecule is c1ccc2cc(-c3nc(-c4ccc5c(c4)sc4ccccc45)nc(-c4cc(-n5c6ccccc6c6cc7ccccc7cc65)c5oc6ccccc6c5c4)n3)ccc2c1. The Labute approximate surface area is 341 Å². The van der Waals surface area contributed by atoms with E-state index in [0.29, 0.717) is 17.5 Å². The number of hydrogen-bond donors (Lipinski definition) is 0. The zero-order valence-corrected chi connectivity index (χ0v) is 32.2. The molecule has 0 saturated carbocycles. The third kappa shape index (κ3) is 5.00. The molecule has 0 unspecified atom stereocenters. The van der Waals surface area contributed by atoms with Gasteiger partial charge in [0.2, 0.25) is 0 Å². The smallest absolute Gasteiger partial charge is 0.164 e. The second kappa shape index (κ2) is 12.4. The lowest BCUT2D eigenvalue weighted by atomic mass is 10.0. The van der Waals surface area contributed by atoms with Crippen LogP contribution < -0.4 is 0 Å². The van der Waals surface area contributed by atoms with Crippen molar-refractivity contribution in [3.05, 3.63) is 182 Å². The van der Waals surface area contributed by atoms with Gasteiger partial charge >= 0.3 is 0 Å². The van der Waals surface area contributed by atoms with Crippen molar-refractivity contribution in [2.24, 2.45) is 0 Å². The molecular formula is C53H30N4OS.